The molecule has 0 fully saturated rings. The minimum Gasteiger partial charge on any atom is -0.365 e. The van der Waals surface area contributed by atoms with Gasteiger partial charge in [-0.2, -0.15) is 0 Å². The average Bonchev–Trinajstić information content (AvgIpc) is 2.43. The molecule has 4 heteroatoms. The summed E-state index contributed by atoms with van der Waals surface area (Å²) in [6.45, 7) is 3.08. The van der Waals surface area contributed by atoms with Gasteiger partial charge in [-0.25, -0.2) is 4.98 Å². The van der Waals surface area contributed by atoms with Crippen molar-refractivity contribution < 1.29 is 0 Å². The Balaban J connectivity index is 2.64. The van der Waals surface area contributed by atoms with Gasteiger partial charge >= 0.3 is 0 Å². The molecule has 0 atom stereocenters. The molecular formula is C8H15N3S. The summed E-state index contributed by atoms with van der Waals surface area (Å²) < 4.78 is 0. The first-order valence-electron chi connectivity index (χ1n) is 4.06. The van der Waals surface area contributed by atoms with Gasteiger partial charge in [0, 0.05) is 11.9 Å². The third-order valence-corrected chi connectivity index (χ3v) is 2.94. The minimum absolute atomic E-state index is 1.01. The minimum atomic E-state index is 1.01. The van der Waals surface area contributed by atoms with Crippen LogP contribution in [0.2, 0.25) is 0 Å². The van der Waals surface area contributed by atoms with Crippen molar-refractivity contribution in [2.24, 2.45) is 0 Å². The molecule has 0 bridgehead atoms. The summed E-state index contributed by atoms with van der Waals surface area (Å²) in [5.74, 6) is 0. The lowest BCUT2D eigenvalue weighted by Gasteiger charge is -1.95. The molecule has 0 aromatic carbocycles. The number of anilines is 1. The maximum Gasteiger partial charge on any atom is 0.182 e. The molecule has 0 radical (unpaired) electrons. The lowest BCUT2D eigenvalue weighted by Crippen LogP contribution is -2.09. The zero-order valence-corrected chi connectivity index (χ0v) is 8.59. The second-order valence-corrected chi connectivity index (χ2v) is 3.71. The molecule has 0 saturated heterocycles. The molecule has 68 valence electrons. The van der Waals surface area contributed by atoms with Gasteiger partial charge in [-0.1, -0.05) is 0 Å². The van der Waals surface area contributed by atoms with Crippen molar-refractivity contribution in [3.8, 4) is 0 Å². The fourth-order valence-electron chi connectivity index (χ4n) is 1.01. The Hall–Kier alpha value is -0.610. The first kappa shape index (κ1) is 9.48. The number of hydrogen-bond acceptors (Lipinski definition) is 4. The predicted molar refractivity (Wildman–Crippen MR) is 54.0 cm³/mol. The fraction of sp³-hybridized carbons (Fsp3) is 0.625. The number of nitrogens with zero attached hydrogens (tertiary/aromatic N) is 1. The third kappa shape index (κ3) is 2.19. The molecule has 1 aromatic rings. The van der Waals surface area contributed by atoms with Gasteiger partial charge in [0.25, 0.3) is 0 Å². The van der Waals surface area contributed by atoms with Crippen LogP contribution >= 0.6 is 11.3 Å². The lowest BCUT2D eigenvalue weighted by atomic mass is 10.3. The van der Waals surface area contributed by atoms with Crippen LogP contribution in [0.5, 0.6) is 0 Å². The van der Waals surface area contributed by atoms with Crippen LogP contribution in [0, 0.1) is 6.92 Å². The summed E-state index contributed by atoms with van der Waals surface area (Å²) in [6.07, 6.45) is 1.07. The van der Waals surface area contributed by atoms with Gasteiger partial charge in [-0.15, -0.1) is 11.3 Å². The topological polar surface area (TPSA) is 37.0 Å². The summed E-state index contributed by atoms with van der Waals surface area (Å²) in [4.78, 5) is 5.73. The van der Waals surface area contributed by atoms with Gasteiger partial charge in [0.1, 0.15) is 0 Å². The van der Waals surface area contributed by atoms with E-state index in [9.17, 15) is 0 Å². The Kier molecular flexibility index (Phi) is 3.49. The second kappa shape index (κ2) is 4.42. The Morgan fingerprint density at radius 1 is 1.42 bits per heavy atom. The number of nitrogens with one attached hydrogen (secondary N) is 2. The van der Waals surface area contributed by atoms with E-state index in [0.29, 0.717) is 0 Å². The van der Waals surface area contributed by atoms with Gasteiger partial charge < -0.3 is 10.6 Å². The molecular weight excluding hydrogens is 170 g/mol. The summed E-state index contributed by atoms with van der Waals surface area (Å²) in [6, 6.07) is 0. The Morgan fingerprint density at radius 2 is 2.17 bits per heavy atom. The van der Waals surface area contributed by atoms with Crippen molar-refractivity contribution in [2.75, 3.05) is 26.0 Å². The van der Waals surface area contributed by atoms with E-state index < -0.39 is 0 Å². The molecule has 3 nitrogen and oxygen atoms in total. The average molecular weight is 185 g/mol. The predicted octanol–water partition coefficient (Wildman–Crippen LogP) is 1.26. The Labute approximate surface area is 77.2 Å². The number of aryl methyl sites for hydroxylation is 1. The van der Waals surface area contributed by atoms with Crippen molar-refractivity contribution in [3.63, 3.8) is 0 Å². The highest BCUT2D eigenvalue weighted by Crippen LogP contribution is 2.21. The van der Waals surface area contributed by atoms with Crippen LogP contribution in [0.1, 0.15) is 10.6 Å². The van der Waals surface area contributed by atoms with Crippen LogP contribution in [0.4, 0.5) is 5.13 Å². The van der Waals surface area contributed by atoms with Crippen LogP contribution < -0.4 is 10.6 Å². The molecule has 12 heavy (non-hydrogen) atoms. The van der Waals surface area contributed by atoms with E-state index in [-0.39, 0.29) is 0 Å². The Bertz CT molecular complexity index is 244. The molecule has 0 aliphatic heterocycles. The monoisotopic (exact) mass is 185 g/mol. The molecule has 1 rings (SSSR count). The SMILES string of the molecule is CNCCc1sc(NC)nc1C. The lowest BCUT2D eigenvalue weighted by molar-refractivity contribution is 0.795. The normalized spacial score (nSPS) is 10.2. The van der Waals surface area contributed by atoms with Crippen LogP contribution in [0.25, 0.3) is 0 Å². The highest BCUT2D eigenvalue weighted by molar-refractivity contribution is 7.15. The first-order chi connectivity index (χ1) is 5.77. The van der Waals surface area contributed by atoms with Crippen molar-refractivity contribution in [1.29, 1.82) is 0 Å². The second-order valence-electron chi connectivity index (χ2n) is 2.63. The van der Waals surface area contributed by atoms with Gasteiger partial charge in [0.05, 0.1) is 5.69 Å². The van der Waals surface area contributed by atoms with Crippen molar-refractivity contribution >= 4 is 16.5 Å². The quantitative estimate of drug-likeness (QED) is 0.741. The third-order valence-electron chi connectivity index (χ3n) is 1.71. The Morgan fingerprint density at radius 3 is 2.67 bits per heavy atom. The molecule has 0 unspecified atom stereocenters. The molecule has 1 heterocycles. The van der Waals surface area contributed by atoms with E-state index in [1.807, 2.05) is 14.1 Å². The van der Waals surface area contributed by atoms with Crippen LogP contribution in [0.3, 0.4) is 0 Å². The maximum atomic E-state index is 4.36. The molecule has 0 aliphatic rings. The first-order valence-corrected chi connectivity index (χ1v) is 4.88. The molecule has 2 N–H and O–H groups in total. The van der Waals surface area contributed by atoms with Gasteiger partial charge in [-0.05, 0) is 26.9 Å². The number of hydrogen-bond donors (Lipinski definition) is 2. The number of rotatable bonds is 4. The van der Waals surface area contributed by atoms with Gasteiger partial charge in [-0.3, -0.25) is 0 Å². The number of aromatic nitrogens is 1. The van der Waals surface area contributed by atoms with Crippen LogP contribution in [0.15, 0.2) is 0 Å². The molecule has 0 amide bonds. The number of likely N-dealkylation sites (N-methyl/N-ethyl adjacent to an activating group) is 1. The molecule has 0 spiro atoms. The molecule has 0 aliphatic carbocycles. The zero-order chi connectivity index (χ0) is 8.97. The molecule has 1 aromatic heterocycles. The fourth-order valence-corrected chi connectivity index (χ4v) is 1.92. The van der Waals surface area contributed by atoms with Crippen molar-refractivity contribution in [1.82, 2.24) is 10.3 Å². The maximum absolute atomic E-state index is 4.36. The number of thiazole rings is 1. The van der Waals surface area contributed by atoms with Crippen LogP contribution in [-0.2, 0) is 6.42 Å². The van der Waals surface area contributed by atoms with E-state index >= 15 is 0 Å². The summed E-state index contributed by atoms with van der Waals surface area (Å²) in [5.41, 5.74) is 1.15. The summed E-state index contributed by atoms with van der Waals surface area (Å²) >= 11 is 1.74. The highest BCUT2D eigenvalue weighted by Gasteiger charge is 2.04. The summed E-state index contributed by atoms with van der Waals surface area (Å²) in [7, 11) is 3.87. The van der Waals surface area contributed by atoms with Gasteiger partial charge in [0.15, 0.2) is 5.13 Å². The summed E-state index contributed by atoms with van der Waals surface area (Å²) in [5, 5.41) is 7.19. The van der Waals surface area contributed by atoms with Gasteiger partial charge in [0.2, 0.25) is 0 Å². The largest absolute Gasteiger partial charge is 0.365 e. The van der Waals surface area contributed by atoms with E-state index in [0.717, 1.165) is 23.8 Å². The van der Waals surface area contributed by atoms with E-state index in [4.69, 9.17) is 0 Å². The van der Waals surface area contributed by atoms with Crippen molar-refractivity contribution in [3.05, 3.63) is 10.6 Å². The van der Waals surface area contributed by atoms with E-state index in [1.165, 1.54) is 4.88 Å². The highest BCUT2D eigenvalue weighted by atomic mass is 32.1. The molecule has 0 saturated carbocycles. The van der Waals surface area contributed by atoms with E-state index in [1.54, 1.807) is 11.3 Å². The standard InChI is InChI=1S/C8H15N3S/c1-6-7(4-5-9-2)12-8(10-3)11-6/h9H,4-5H2,1-3H3,(H,10,11). The van der Waals surface area contributed by atoms with E-state index in [2.05, 4.69) is 22.5 Å². The van der Waals surface area contributed by atoms with Crippen molar-refractivity contribution in [2.45, 2.75) is 13.3 Å². The smallest absolute Gasteiger partial charge is 0.182 e. The zero-order valence-electron chi connectivity index (χ0n) is 7.77. The van der Waals surface area contributed by atoms with Crippen LogP contribution in [-0.4, -0.2) is 25.6 Å².